The van der Waals surface area contributed by atoms with E-state index >= 15 is 0 Å². The SMILES string of the molecule is Clc1ccc(C(Cn2ccnc2)SCSCc2ccc(Cl)cc2Cl)cc1. The largest absolute Gasteiger partial charge is 0.336 e. The Bertz CT molecular complexity index is 823. The topological polar surface area (TPSA) is 17.8 Å². The van der Waals surface area contributed by atoms with Gasteiger partial charge in [-0.1, -0.05) is 53.0 Å². The minimum atomic E-state index is 0.328. The number of halogens is 3. The zero-order valence-electron chi connectivity index (χ0n) is 13.8. The molecular weight excluding hydrogens is 427 g/mol. The Morgan fingerprint density at radius 3 is 2.46 bits per heavy atom. The van der Waals surface area contributed by atoms with Crippen LogP contribution in [0.3, 0.4) is 0 Å². The molecule has 2 nitrogen and oxygen atoms in total. The number of aromatic nitrogens is 2. The first kappa shape index (κ1) is 20.0. The molecule has 0 fully saturated rings. The van der Waals surface area contributed by atoms with E-state index in [1.807, 2.05) is 60.3 Å². The molecule has 0 aliphatic rings. The molecule has 0 aliphatic heterocycles. The highest BCUT2D eigenvalue weighted by molar-refractivity contribution is 8.15. The van der Waals surface area contributed by atoms with Crippen molar-refractivity contribution in [1.29, 1.82) is 0 Å². The first-order valence-electron chi connectivity index (χ1n) is 7.96. The van der Waals surface area contributed by atoms with Gasteiger partial charge in [0, 0.05) is 50.1 Å². The molecule has 1 atom stereocenters. The van der Waals surface area contributed by atoms with Crippen LogP contribution in [-0.4, -0.2) is 14.6 Å². The average molecular weight is 444 g/mol. The van der Waals surface area contributed by atoms with Gasteiger partial charge in [0.15, 0.2) is 0 Å². The molecule has 0 radical (unpaired) electrons. The van der Waals surface area contributed by atoms with E-state index in [9.17, 15) is 0 Å². The summed E-state index contributed by atoms with van der Waals surface area (Å²) in [4.78, 5) is 4.14. The fourth-order valence-corrected chi connectivity index (χ4v) is 5.59. The van der Waals surface area contributed by atoms with Crippen LogP contribution in [0.2, 0.25) is 15.1 Å². The van der Waals surface area contributed by atoms with Crippen LogP contribution in [0.4, 0.5) is 0 Å². The van der Waals surface area contributed by atoms with E-state index in [1.165, 1.54) is 5.56 Å². The predicted octanol–water partition coefficient (Wildman–Crippen LogP) is 7.21. The van der Waals surface area contributed by atoms with Gasteiger partial charge in [-0.3, -0.25) is 0 Å². The Morgan fingerprint density at radius 2 is 1.77 bits per heavy atom. The second-order valence-electron chi connectivity index (χ2n) is 5.67. The summed E-state index contributed by atoms with van der Waals surface area (Å²) in [6.07, 6.45) is 5.65. The number of hydrogen-bond acceptors (Lipinski definition) is 3. The van der Waals surface area contributed by atoms with Crippen LogP contribution >= 0.6 is 58.3 Å². The van der Waals surface area contributed by atoms with Gasteiger partial charge in [0.2, 0.25) is 0 Å². The van der Waals surface area contributed by atoms with Gasteiger partial charge in [-0.25, -0.2) is 4.98 Å². The molecule has 1 aromatic heterocycles. The summed E-state index contributed by atoms with van der Waals surface area (Å²) in [6, 6.07) is 13.7. The normalized spacial score (nSPS) is 12.3. The summed E-state index contributed by atoms with van der Waals surface area (Å²) in [5.74, 6) is 0.863. The highest BCUT2D eigenvalue weighted by Gasteiger charge is 2.13. The molecule has 0 N–H and O–H groups in total. The van der Waals surface area contributed by atoms with E-state index < -0.39 is 0 Å². The third-order valence-corrected chi connectivity index (χ3v) is 7.19. The Labute approximate surface area is 177 Å². The van der Waals surface area contributed by atoms with E-state index in [-0.39, 0.29) is 0 Å². The number of nitrogens with zero attached hydrogens (tertiary/aromatic N) is 2. The smallest absolute Gasteiger partial charge is 0.0946 e. The number of benzene rings is 2. The van der Waals surface area contributed by atoms with Crippen molar-refractivity contribution in [3.63, 3.8) is 0 Å². The number of rotatable bonds is 8. The van der Waals surface area contributed by atoms with Gasteiger partial charge in [0.1, 0.15) is 0 Å². The van der Waals surface area contributed by atoms with Gasteiger partial charge in [-0.05, 0) is 35.4 Å². The van der Waals surface area contributed by atoms with Gasteiger partial charge in [-0.2, -0.15) is 0 Å². The van der Waals surface area contributed by atoms with Gasteiger partial charge in [-0.15, -0.1) is 23.5 Å². The molecule has 7 heteroatoms. The molecule has 3 aromatic rings. The predicted molar refractivity (Wildman–Crippen MR) is 117 cm³/mol. The maximum absolute atomic E-state index is 6.25. The molecule has 0 amide bonds. The monoisotopic (exact) mass is 442 g/mol. The first-order valence-corrected chi connectivity index (χ1v) is 11.3. The Morgan fingerprint density at radius 1 is 1.00 bits per heavy atom. The Kier molecular flexibility index (Phi) is 7.64. The average Bonchev–Trinajstić information content (AvgIpc) is 3.13. The van der Waals surface area contributed by atoms with Gasteiger partial charge in [0.25, 0.3) is 0 Å². The third kappa shape index (κ3) is 5.86. The molecule has 26 heavy (non-hydrogen) atoms. The lowest BCUT2D eigenvalue weighted by Gasteiger charge is -2.18. The summed E-state index contributed by atoms with van der Waals surface area (Å²) in [5, 5.41) is 3.44. The fraction of sp³-hybridized carbons (Fsp3) is 0.211. The van der Waals surface area contributed by atoms with Crippen LogP contribution in [0, 0.1) is 0 Å². The minimum absolute atomic E-state index is 0.328. The lowest BCUT2D eigenvalue weighted by Crippen LogP contribution is -2.05. The van der Waals surface area contributed by atoms with E-state index in [0.717, 1.165) is 33.0 Å². The van der Waals surface area contributed by atoms with Crippen molar-refractivity contribution in [2.45, 2.75) is 17.5 Å². The van der Waals surface area contributed by atoms with E-state index in [0.29, 0.717) is 10.3 Å². The van der Waals surface area contributed by atoms with Crippen molar-refractivity contribution < 1.29 is 0 Å². The lowest BCUT2D eigenvalue weighted by molar-refractivity contribution is 0.684. The maximum atomic E-state index is 6.25. The van der Waals surface area contributed by atoms with E-state index in [2.05, 4.69) is 21.7 Å². The lowest BCUT2D eigenvalue weighted by atomic mass is 10.1. The highest BCUT2D eigenvalue weighted by Crippen LogP contribution is 2.35. The molecular formula is C19H17Cl3N2S2. The van der Waals surface area contributed by atoms with Crippen molar-refractivity contribution in [2.24, 2.45) is 0 Å². The third-order valence-electron chi connectivity index (χ3n) is 3.80. The Balaban J connectivity index is 1.59. The summed E-state index contributed by atoms with van der Waals surface area (Å²) in [5.41, 5.74) is 2.37. The molecule has 0 saturated carbocycles. The second-order valence-corrected chi connectivity index (χ2v) is 9.49. The van der Waals surface area contributed by atoms with Crippen LogP contribution in [-0.2, 0) is 12.3 Å². The minimum Gasteiger partial charge on any atom is -0.336 e. The Hall–Kier alpha value is -0.780. The van der Waals surface area contributed by atoms with Crippen LogP contribution in [0.1, 0.15) is 16.4 Å². The van der Waals surface area contributed by atoms with Crippen molar-refractivity contribution in [2.75, 3.05) is 5.08 Å². The van der Waals surface area contributed by atoms with Crippen molar-refractivity contribution in [3.8, 4) is 0 Å². The standard InChI is InChI=1S/C19H17Cl3N2S2/c20-16-4-1-14(2-5-16)19(10-24-8-7-23-12-24)26-13-25-11-15-3-6-17(21)9-18(15)22/h1-9,12,19H,10-11,13H2. The molecule has 0 bridgehead atoms. The van der Waals surface area contributed by atoms with Gasteiger partial charge in [0.05, 0.1) is 6.33 Å². The summed E-state index contributed by atoms with van der Waals surface area (Å²) in [6.45, 7) is 0.870. The number of thioether (sulfide) groups is 2. The zero-order valence-corrected chi connectivity index (χ0v) is 17.7. The molecule has 1 heterocycles. The first-order chi connectivity index (χ1) is 12.6. The van der Waals surface area contributed by atoms with Gasteiger partial charge >= 0.3 is 0 Å². The molecule has 2 aromatic carbocycles. The number of hydrogen-bond donors (Lipinski definition) is 0. The highest BCUT2D eigenvalue weighted by atomic mass is 35.5. The van der Waals surface area contributed by atoms with Crippen LogP contribution in [0.15, 0.2) is 61.2 Å². The molecule has 136 valence electrons. The zero-order chi connectivity index (χ0) is 18.4. The van der Waals surface area contributed by atoms with Crippen molar-refractivity contribution >= 4 is 58.3 Å². The van der Waals surface area contributed by atoms with Crippen LogP contribution in [0.25, 0.3) is 0 Å². The number of imidazole rings is 1. The molecule has 1 unspecified atom stereocenters. The van der Waals surface area contributed by atoms with E-state index in [1.54, 1.807) is 12.3 Å². The van der Waals surface area contributed by atoms with E-state index in [4.69, 9.17) is 34.8 Å². The molecule has 0 saturated heterocycles. The van der Waals surface area contributed by atoms with Gasteiger partial charge < -0.3 is 4.57 Å². The summed E-state index contributed by atoms with van der Waals surface area (Å²) >= 11 is 22.0. The van der Waals surface area contributed by atoms with Crippen molar-refractivity contribution in [3.05, 3.63) is 87.4 Å². The molecule has 0 aliphatic carbocycles. The molecule has 3 rings (SSSR count). The molecule has 0 spiro atoms. The van der Waals surface area contributed by atoms with Crippen molar-refractivity contribution in [1.82, 2.24) is 9.55 Å². The fourth-order valence-electron chi connectivity index (χ4n) is 2.44. The van der Waals surface area contributed by atoms with Crippen LogP contribution in [0.5, 0.6) is 0 Å². The maximum Gasteiger partial charge on any atom is 0.0946 e. The summed E-state index contributed by atoms with van der Waals surface area (Å²) in [7, 11) is 0. The quantitative estimate of drug-likeness (QED) is 0.270. The summed E-state index contributed by atoms with van der Waals surface area (Å²) < 4.78 is 2.10. The van der Waals surface area contributed by atoms with Crippen LogP contribution < -0.4 is 0 Å². The second kappa shape index (κ2) is 9.95.